The first-order chi connectivity index (χ1) is 8.09. The van der Waals surface area contributed by atoms with E-state index < -0.39 is 0 Å². The lowest BCUT2D eigenvalue weighted by Gasteiger charge is -2.37. The molecular weight excluding hydrogens is 234 g/mol. The summed E-state index contributed by atoms with van der Waals surface area (Å²) < 4.78 is 5.37. The van der Waals surface area contributed by atoms with E-state index in [0.29, 0.717) is 6.61 Å². The number of nitrogens with one attached hydrogen (secondary N) is 1. The average Bonchev–Trinajstić information content (AvgIpc) is 2.78. The van der Waals surface area contributed by atoms with Crippen LogP contribution in [0, 0.1) is 5.41 Å². The third-order valence-corrected chi connectivity index (χ3v) is 4.15. The molecule has 4 heteroatoms. The van der Waals surface area contributed by atoms with Gasteiger partial charge < -0.3 is 10.1 Å². The van der Waals surface area contributed by atoms with E-state index in [1.165, 1.54) is 0 Å². The first-order valence-electron chi connectivity index (χ1n) is 6.02. The topological polar surface area (TPSA) is 38.3 Å². The summed E-state index contributed by atoms with van der Waals surface area (Å²) in [6.45, 7) is 5.54. The Balaban J connectivity index is 1.90. The number of thiophene rings is 1. The van der Waals surface area contributed by atoms with Crippen LogP contribution in [-0.4, -0.2) is 18.6 Å². The molecule has 0 radical (unpaired) electrons. The van der Waals surface area contributed by atoms with E-state index in [1.54, 1.807) is 11.3 Å². The SMILES string of the molecule is CC1(C)CCCNC1C(=O)OCc1cccs1. The molecule has 1 aliphatic rings. The van der Waals surface area contributed by atoms with Crippen LogP contribution in [0.15, 0.2) is 17.5 Å². The molecule has 1 aliphatic heterocycles. The van der Waals surface area contributed by atoms with Gasteiger partial charge >= 0.3 is 5.97 Å². The third kappa shape index (κ3) is 3.07. The predicted molar refractivity (Wildman–Crippen MR) is 68.9 cm³/mol. The fourth-order valence-electron chi connectivity index (χ4n) is 2.23. The minimum absolute atomic E-state index is 0.00914. The summed E-state index contributed by atoms with van der Waals surface area (Å²) in [7, 11) is 0. The van der Waals surface area contributed by atoms with E-state index in [4.69, 9.17) is 4.74 Å². The van der Waals surface area contributed by atoms with Gasteiger partial charge in [0, 0.05) is 4.88 Å². The molecule has 0 aromatic carbocycles. The molecule has 0 saturated carbocycles. The summed E-state index contributed by atoms with van der Waals surface area (Å²) in [5, 5.41) is 5.26. The van der Waals surface area contributed by atoms with Crippen molar-refractivity contribution in [3.05, 3.63) is 22.4 Å². The second-order valence-corrected chi connectivity index (χ2v) is 6.20. The van der Waals surface area contributed by atoms with Gasteiger partial charge in [-0.3, -0.25) is 4.79 Å². The van der Waals surface area contributed by atoms with Crippen molar-refractivity contribution in [1.29, 1.82) is 0 Å². The molecule has 1 aromatic rings. The molecule has 1 unspecified atom stereocenters. The van der Waals surface area contributed by atoms with E-state index in [1.807, 2.05) is 17.5 Å². The number of esters is 1. The van der Waals surface area contributed by atoms with Crippen molar-refractivity contribution in [2.45, 2.75) is 39.3 Å². The molecule has 2 rings (SSSR count). The van der Waals surface area contributed by atoms with Crippen LogP contribution in [0.3, 0.4) is 0 Å². The van der Waals surface area contributed by atoms with Crippen LogP contribution in [0.25, 0.3) is 0 Å². The maximum absolute atomic E-state index is 12.0. The fraction of sp³-hybridized carbons (Fsp3) is 0.615. The van der Waals surface area contributed by atoms with Crippen molar-refractivity contribution in [2.24, 2.45) is 5.41 Å². The minimum Gasteiger partial charge on any atom is -0.459 e. The second-order valence-electron chi connectivity index (χ2n) is 5.17. The van der Waals surface area contributed by atoms with Crippen LogP contribution in [0.1, 0.15) is 31.6 Å². The van der Waals surface area contributed by atoms with Crippen LogP contribution in [0.4, 0.5) is 0 Å². The van der Waals surface area contributed by atoms with Gasteiger partial charge in [-0.1, -0.05) is 19.9 Å². The third-order valence-electron chi connectivity index (χ3n) is 3.30. The van der Waals surface area contributed by atoms with Crippen LogP contribution in [-0.2, 0) is 16.1 Å². The number of carbonyl (C=O) groups is 1. The van der Waals surface area contributed by atoms with Gasteiger partial charge in [0.1, 0.15) is 12.6 Å². The first-order valence-corrected chi connectivity index (χ1v) is 6.90. The quantitative estimate of drug-likeness (QED) is 0.841. The lowest BCUT2D eigenvalue weighted by atomic mass is 9.77. The molecule has 1 saturated heterocycles. The van der Waals surface area contributed by atoms with Gasteiger partial charge in [0.25, 0.3) is 0 Å². The van der Waals surface area contributed by atoms with Gasteiger partial charge in [0.05, 0.1) is 0 Å². The molecule has 0 aliphatic carbocycles. The number of hydrogen-bond acceptors (Lipinski definition) is 4. The van der Waals surface area contributed by atoms with Crippen molar-refractivity contribution in [1.82, 2.24) is 5.32 Å². The van der Waals surface area contributed by atoms with Crippen molar-refractivity contribution < 1.29 is 9.53 Å². The molecule has 17 heavy (non-hydrogen) atoms. The maximum Gasteiger partial charge on any atom is 0.324 e. The normalized spacial score (nSPS) is 23.3. The van der Waals surface area contributed by atoms with Crippen LogP contribution < -0.4 is 5.32 Å². The lowest BCUT2D eigenvalue weighted by Crippen LogP contribution is -2.52. The summed E-state index contributed by atoms with van der Waals surface area (Å²) in [5.74, 6) is -0.122. The number of piperidine rings is 1. The monoisotopic (exact) mass is 253 g/mol. The molecule has 0 bridgehead atoms. The van der Waals surface area contributed by atoms with Crippen LogP contribution in [0.5, 0.6) is 0 Å². The number of rotatable bonds is 3. The smallest absolute Gasteiger partial charge is 0.324 e. The van der Waals surface area contributed by atoms with Crippen molar-refractivity contribution in [2.75, 3.05) is 6.54 Å². The highest BCUT2D eigenvalue weighted by atomic mass is 32.1. The molecule has 1 fully saturated rings. The molecule has 0 amide bonds. The Morgan fingerprint density at radius 3 is 3.12 bits per heavy atom. The predicted octanol–water partition coefficient (Wildman–Crippen LogP) is 2.57. The number of hydrogen-bond donors (Lipinski definition) is 1. The Bertz CT molecular complexity index is 373. The van der Waals surface area contributed by atoms with Crippen molar-refractivity contribution >= 4 is 17.3 Å². The molecule has 94 valence electrons. The summed E-state index contributed by atoms with van der Waals surface area (Å²) >= 11 is 1.61. The zero-order chi connectivity index (χ0) is 12.3. The Morgan fingerprint density at radius 1 is 1.65 bits per heavy atom. The van der Waals surface area contributed by atoms with Crippen molar-refractivity contribution in [3.8, 4) is 0 Å². The highest BCUT2D eigenvalue weighted by Crippen LogP contribution is 2.30. The van der Waals surface area contributed by atoms with Crippen molar-refractivity contribution in [3.63, 3.8) is 0 Å². The van der Waals surface area contributed by atoms with Gasteiger partial charge in [-0.15, -0.1) is 11.3 Å². The Kier molecular flexibility index (Phi) is 3.84. The zero-order valence-electron chi connectivity index (χ0n) is 10.4. The highest BCUT2D eigenvalue weighted by Gasteiger charge is 2.38. The Labute approximate surface area is 106 Å². The van der Waals surface area contributed by atoms with E-state index in [-0.39, 0.29) is 17.4 Å². The second kappa shape index (κ2) is 5.19. The van der Waals surface area contributed by atoms with E-state index in [9.17, 15) is 4.79 Å². The summed E-state index contributed by atoms with van der Waals surface area (Å²) in [4.78, 5) is 13.1. The van der Waals surface area contributed by atoms with Gasteiger partial charge in [0.15, 0.2) is 0 Å². The van der Waals surface area contributed by atoms with Gasteiger partial charge in [0.2, 0.25) is 0 Å². The molecule has 3 nitrogen and oxygen atoms in total. The fourth-order valence-corrected chi connectivity index (χ4v) is 2.85. The van der Waals surface area contributed by atoms with E-state index >= 15 is 0 Å². The highest BCUT2D eigenvalue weighted by molar-refractivity contribution is 7.09. The first kappa shape index (κ1) is 12.6. The van der Waals surface area contributed by atoms with E-state index in [0.717, 1.165) is 24.3 Å². The largest absolute Gasteiger partial charge is 0.459 e. The molecule has 1 N–H and O–H groups in total. The molecule has 1 aromatic heterocycles. The summed E-state index contributed by atoms with van der Waals surface area (Å²) in [6.07, 6.45) is 2.19. The summed E-state index contributed by atoms with van der Waals surface area (Å²) in [5.41, 5.74) is -0.00914. The van der Waals surface area contributed by atoms with Gasteiger partial charge in [-0.05, 0) is 36.2 Å². The van der Waals surface area contributed by atoms with E-state index in [2.05, 4.69) is 19.2 Å². The maximum atomic E-state index is 12.0. The minimum atomic E-state index is -0.170. The molecular formula is C13H19NO2S. The molecule has 1 atom stereocenters. The zero-order valence-corrected chi connectivity index (χ0v) is 11.2. The molecule has 2 heterocycles. The Morgan fingerprint density at radius 2 is 2.47 bits per heavy atom. The molecule has 0 spiro atoms. The Hall–Kier alpha value is -0.870. The average molecular weight is 253 g/mol. The lowest BCUT2D eigenvalue weighted by molar-refractivity contribution is -0.151. The number of carbonyl (C=O) groups excluding carboxylic acids is 1. The number of ether oxygens (including phenoxy) is 1. The van der Waals surface area contributed by atoms with Gasteiger partial charge in [-0.2, -0.15) is 0 Å². The summed E-state index contributed by atoms with van der Waals surface area (Å²) in [6, 6.07) is 3.78. The standard InChI is InChI=1S/C13H19NO2S/c1-13(2)6-4-7-14-11(13)12(15)16-9-10-5-3-8-17-10/h3,5,8,11,14H,4,6-7,9H2,1-2H3. The van der Waals surface area contributed by atoms with Crippen LogP contribution in [0.2, 0.25) is 0 Å². The van der Waals surface area contributed by atoms with Gasteiger partial charge in [-0.25, -0.2) is 0 Å². The van der Waals surface area contributed by atoms with Crippen LogP contribution >= 0.6 is 11.3 Å².